The molecule has 4 nitrogen and oxygen atoms in total. The van der Waals surface area contributed by atoms with E-state index < -0.39 is 0 Å². The van der Waals surface area contributed by atoms with Crippen LogP contribution in [0.15, 0.2) is 0 Å². The van der Waals surface area contributed by atoms with Gasteiger partial charge in [0.25, 0.3) is 0 Å². The summed E-state index contributed by atoms with van der Waals surface area (Å²) in [6, 6.07) is 0. The minimum absolute atomic E-state index is 0.319. The van der Waals surface area contributed by atoms with Gasteiger partial charge in [0.2, 0.25) is 0 Å². The number of nitrogens with one attached hydrogen (secondary N) is 1. The Bertz CT molecular complexity index is 99.6. The predicted octanol–water partition coefficient (Wildman–Crippen LogP) is -0.324. The Labute approximate surface area is 54.4 Å². The molecule has 0 aromatic heterocycles. The molecule has 0 fully saturated rings. The summed E-state index contributed by atoms with van der Waals surface area (Å²) >= 11 is 0. The minimum Gasteiger partial charge on any atom is -0.380 e. The molecule has 0 saturated heterocycles. The fourth-order valence-corrected chi connectivity index (χ4v) is 0.392. The molecule has 0 bridgehead atoms. The molecule has 0 aromatic rings. The molecule has 1 unspecified atom stereocenters. The summed E-state index contributed by atoms with van der Waals surface area (Å²) in [6.45, 7) is 0.379. The van der Waals surface area contributed by atoms with Gasteiger partial charge in [-0.25, -0.2) is 0 Å². The Morgan fingerprint density at radius 1 is 1.67 bits per heavy atom. The van der Waals surface area contributed by atoms with E-state index in [0.717, 1.165) is 0 Å². The van der Waals surface area contributed by atoms with E-state index >= 15 is 0 Å². The monoisotopic (exact) mass is 130 g/mol. The molecule has 9 heavy (non-hydrogen) atoms. The van der Waals surface area contributed by atoms with Crippen molar-refractivity contribution in [1.82, 2.24) is 5.32 Å². The van der Waals surface area contributed by atoms with Crippen molar-refractivity contribution in [3.63, 3.8) is 0 Å². The summed E-state index contributed by atoms with van der Waals surface area (Å²) in [5.74, 6) is 0. The molecule has 0 radical (unpaired) electrons. The fourth-order valence-electron chi connectivity index (χ4n) is 0.392. The molecular weight excluding hydrogens is 120 g/mol. The van der Waals surface area contributed by atoms with Gasteiger partial charge in [-0.2, -0.15) is 5.26 Å². The van der Waals surface area contributed by atoms with Crippen LogP contribution in [0.2, 0.25) is 0 Å². The minimum atomic E-state index is -0.319. The molecule has 4 heteroatoms. The van der Waals surface area contributed by atoms with E-state index in [2.05, 4.69) is 5.32 Å². The normalized spacial score (nSPS) is 12.1. The second kappa shape index (κ2) is 5.35. The molecule has 0 aliphatic rings. The maximum absolute atomic E-state index is 8.10. The summed E-state index contributed by atoms with van der Waals surface area (Å²) in [7, 11) is 3.05. The SMILES string of the molecule is COCC(NC#N)OC. The van der Waals surface area contributed by atoms with E-state index in [1.807, 2.05) is 0 Å². The average molecular weight is 130 g/mol. The van der Waals surface area contributed by atoms with Crippen LogP contribution in [0.4, 0.5) is 0 Å². The van der Waals surface area contributed by atoms with Crippen LogP contribution in [0, 0.1) is 11.5 Å². The van der Waals surface area contributed by atoms with E-state index in [4.69, 9.17) is 14.7 Å². The molecule has 0 aromatic carbocycles. The third-order valence-corrected chi connectivity index (χ3v) is 0.828. The van der Waals surface area contributed by atoms with E-state index in [9.17, 15) is 0 Å². The predicted molar refractivity (Wildman–Crippen MR) is 31.4 cm³/mol. The molecule has 0 aliphatic heterocycles. The Morgan fingerprint density at radius 3 is 2.67 bits per heavy atom. The highest BCUT2D eigenvalue weighted by Gasteiger charge is 2.01. The van der Waals surface area contributed by atoms with Gasteiger partial charge in [0, 0.05) is 14.2 Å². The molecular formula is C5H10N2O2. The van der Waals surface area contributed by atoms with Crippen molar-refractivity contribution in [2.24, 2.45) is 0 Å². The van der Waals surface area contributed by atoms with Gasteiger partial charge < -0.3 is 9.47 Å². The lowest BCUT2D eigenvalue weighted by Crippen LogP contribution is -2.30. The van der Waals surface area contributed by atoms with Gasteiger partial charge in [0.15, 0.2) is 12.4 Å². The lowest BCUT2D eigenvalue weighted by molar-refractivity contribution is 0.0174. The highest BCUT2D eigenvalue weighted by molar-refractivity contribution is 4.68. The van der Waals surface area contributed by atoms with Gasteiger partial charge >= 0.3 is 0 Å². The van der Waals surface area contributed by atoms with E-state index in [-0.39, 0.29) is 6.23 Å². The van der Waals surface area contributed by atoms with Gasteiger partial charge in [0.1, 0.15) is 0 Å². The number of nitrogens with zero attached hydrogens (tertiary/aromatic N) is 1. The van der Waals surface area contributed by atoms with Crippen LogP contribution < -0.4 is 5.32 Å². The van der Waals surface area contributed by atoms with Gasteiger partial charge in [-0.1, -0.05) is 0 Å². The lowest BCUT2D eigenvalue weighted by atomic mass is 10.6. The quantitative estimate of drug-likeness (QED) is 0.322. The van der Waals surface area contributed by atoms with Crippen LogP contribution >= 0.6 is 0 Å². The van der Waals surface area contributed by atoms with Crippen molar-refractivity contribution in [2.45, 2.75) is 6.23 Å². The topological polar surface area (TPSA) is 54.3 Å². The third kappa shape index (κ3) is 3.76. The zero-order chi connectivity index (χ0) is 7.11. The molecule has 0 spiro atoms. The Balaban J connectivity index is 3.32. The van der Waals surface area contributed by atoms with Gasteiger partial charge in [-0.15, -0.1) is 0 Å². The van der Waals surface area contributed by atoms with Crippen molar-refractivity contribution in [2.75, 3.05) is 20.8 Å². The second-order valence-electron chi connectivity index (χ2n) is 1.44. The molecule has 0 heterocycles. The number of nitriles is 1. The number of hydrogen-bond acceptors (Lipinski definition) is 4. The van der Waals surface area contributed by atoms with Crippen LogP contribution in [0.5, 0.6) is 0 Å². The molecule has 0 aliphatic carbocycles. The van der Waals surface area contributed by atoms with Crippen LogP contribution in [0.1, 0.15) is 0 Å². The van der Waals surface area contributed by atoms with Gasteiger partial charge in [0.05, 0.1) is 6.61 Å². The van der Waals surface area contributed by atoms with Gasteiger partial charge in [-0.05, 0) is 0 Å². The zero-order valence-corrected chi connectivity index (χ0v) is 5.55. The first-order valence-electron chi connectivity index (χ1n) is 2.51. The fraction of sp³-hybridized carbons (Fsp3) is 0.800. The molecule has 52 valence electrons. The maximum atomic E-state index is 8.10. The van der Waals surface area contributed by atoms with E-state index in [0.29, 0.717) is 6.61 Å². The van der Waals surface area contributed by atoms with Crippen LogP contribution in [0.3, 0.4) is 0 Å². The van der Waals surface area contributed by atoms with Crippen molar-refractivity contribution in [3.8, 4) is 6.19 Å². The van der Waals surface area contributed by atoms with Crippen molar-refractivity contribution in [3.05, 3.63) is 0 Å². The second-order valence-corrected chi connectivity index (χ2v) is 1.44. The lowest BCUT2D eigenvalue weighted by Gasteiger charge is -2.10. The largest absolute Gasteiger partial charge is 0.380 e. The summed E-state index contributed by atoms with van der Waals surface area (Å²) in [5, 5.41) is 10.5. The van der Waals surface area contributed by atoms with Gasteiger partial charge in [-0.3, -0.25) is 5.32 Å². The summed E-state index contributed by atoms with van der Waals surface area (Å²) in [5.41, 5.74) is 0. The van der Waals surface area contributed by atoms with E-state index in [1.165, 1.54) is 7.11 Å². The standard InChI is InChI=1S/C5H10N2O2/c1-8-3-5(9-2)7-4-6/h5,7H,3H2,1-2H3. The number of rotatable bonds is 4. The first-order valence-corrected chi connectivity index (χ1v) is 2.51. The van der Waals surface area contributed by atoms with Crippen LogP contribution in [0.25, 0.3) is 0 Å². The summed E-state index contributed by atoms with van der Waals surface area (Å²) in [4.78, 5) is 0. The van der Waals surface area contributed by atoms with Crippen molar-refractivity contribution in [1.29, 1.82) is 5.26 Å². The van der Waals surface area contributed by atoms with Crippen molar-refractivity contribution >= 4 is 0 Å². The third-order valence-electron chi connectivity index (χ3n) is 0.828. The zero-order valence-electron chi connectivity index (χ0n) is 5.55. The number of ether oxygens (including phenoxy) is 2. The Kier molecular flexibility index (Phi) is 4.88. The van der Waals surface area contributed by atoms with Crippen molar-refractivity contribution < 1.29 is 9.47 Å². The first-order chi connectivity index (χ1) is 4.35. The Morgan fingerprint density at radius 2 is 2.33 bits per heavy atom. The number of methoxy groups -OCH3 is 2. The molecule has 1 N–H and O–H groups in total. The maximum Gasteiger partial charge on any atom is 0.178 e. The molecule has 0 saturated carbocycles. The highest BCUT2D eigenvalue weighted by Crippen LogP contribution is 1.82. The van der Waals surface area contributed by atoms with E-state index in [1.54, 1.807) is 13.3 Å². The molecule has 0 rings (SSSR count). The highest BCUT2D eigenvalue weighted by atomic mass is 16.5. The summed E-state index contributed by atoms with van der Waals surface area (Å²) in [6.07, 6.45) is 1.43. The van der Waals surface area contributed by atoms with Crippen LogP contribution in [-0.2, 0) is 9.47 Å². The number of hydrogen-bond donors (Lipinski definition) is 1. The summed E-state index contributed by atoms with van der Waals surface area (Å²) < 4.78 is 9.48. The average Bonchev–Trinajstić information content (AvgIpc) is 1.88. The molecule has 1 atom stereocenters. The first kappa shape index (κ1) is 8.21. The Hall–Kier alpha value is -0.790. The van der Waals surface area contributed by atoms with Crippen LogP contribution in [-0.4, -0.2) is 27.1 Å². The molecule has 0 amide bonds. The smallest absolute Gasteiger partial charge is 0.178 e.